The first-order valence-electron chi connectivity index (χ1n) is 10.00. The Morgan fingerprint density at radius 3 is 2.21 bits per heavy atom. The molecule has 34 heavy (non-hydrogen) atoms. The second kappa shape index (κ2) is 8.66. The van der Waals surface area contributed by atoms with E-state index in [0.717, 1.165) is 35.2 Å². The molecule has 5 nitrogen and oxygen atoms in total. The first-order chi connectivity index (χ1) is 16.1. The minimum absolute atomic E-state index is 0.0713. The molecule has 0 saturated carbocycles. The molecule has 0 aromatic heterocycles. The number of aliphatic hydroxyl groups excluding tert-OH is 1. The number of Topliss-reactive ketones (excluding diaryl/α,β-unsaturated/α-hetero) is 1. The lowest BCUT2D eigenvalue weighted by Crippen LogP contribution is -2.29. The van der Waals surface area contributed by atoms with Crippen molar-refractivity contribution in [1.29, 1.82) is 0 Å². The van der Waals surface area contributed by atoms with Gasteiger partial charge >= 0.3 is 6.18 Å². The molecule has 0 aliphatic carbocycles. The van der Waals surface area contributed by atoms with E-state index in [4.69, 9.17) is 4.74 Å². The van der Waals surface area contributed by atoms with Crippen LogP contribution in [0.5, 0.6) is 5.75 Å². The molecule has 4 rings (SSSR count). The highest BCUT2D eigenvalue weighted by molar-refractivity contribution is 6.51. The number of alkyl halides is 3. The van der Waals surface area contributed by atoms with Gasteiger partial charge in [0.2, 0.25) is 0 Å². The zero-order valence-corrected chi connectivity index (χ0v) is 17.6. The summed E-state index contributed by atoms with van der Waals surface area (Å²) >= 11 is 0. The summed E-state index contributed by atoms with van der Waals surface area (Å²) in [5.41, 5.74) is -1.09. The van der Waals surface area contributed by atoms with Crippen molar-refractivity contribution in [3.05, 3.63) is 101 Å². The van der Waals surface area contributed by atoms with Crippen LogP contribution in [-0.2, 0) is 15.8 Å². The lowest BCUT2D eigenvalue weighted by Gasteiger charge is -2.26. The van der Waals surface area contributed by atoms with Gasteiger partial charge in [0.25, 0.3) is 11.7 Å². The highest BCUT2D eigenvalue weighted by atomic mass is 19.4. The van der Waals surface area contributed by atoms with E-state index in [1.807, 2.05) is 0 Å². The van der Waals surface area contributed by atoms with Gasteiger partial charge in [-0.05, 0) is 60.2 Å². The molecule has 3 aromatic rings. The van der Waals surface area contributed by atoms with Gasteiger partial charge in [-0.1, -0.05) is 18.2 Å². The van der Waals surface area contributed by atoms with E-state index in [1.54, 1.807) is 12.1 Å². The lowest BCUT2D eigenvalue weighted by atomic mass is 9.95. The number of halogens is 4. The summed E-state index contributed by atoms with van der Waals surface area (Å²) in [5, 5.41) is 10.9. The molecule has 1 amide bonds. The third kappa shape index (κ3) is 4.12. The van der Waals surface area contributed by atoms with Crippen LogP contribution < -0.4 is 9.64 Å². The van der Waals surface area contributed by atoms with Gasteiger partial charge in [0.1, 0.15) is 17.3 Å². The average Bonchev–Trinajstić information content (AvgIpc) is 3.09. The monoisotopic (exact) mass is 471 g/mol. The highest BCUT2D eigenvalue weighted by Crippen LogP contribution is 2.43. The van der Waals surface area contributed by atoms with Crippen LogP contribution in [0.15, 0.2) is 78.4 Å². The van der Waals surface area contributed by atoms with Gasteiger partial charge in [0, 0.05) is 11.3 Å². The van der Waals surface area contributed by atoms with Crippen LogP contribution in [0.2, 0.25) is 0 Å². The van der Waals surface area contributed by atoms with E-state index in [-0.39, 0.29) is 16.8 Å². The maximum atomic E-state index is 13.4. The van der Waals surface area contributed by atoms with Crippen molar-refractivity contribution in [2.45, 2.75) is 12.2 Å². The number of ether oxygens (including phenoxy) is 1. The molecule has 1 unspecified atom stereocenters. The van der Waals surface area contributed by atoms with Crippen LogP contribution >= 0.6 is 0 Å². The first kappa shape index (κ1) is 23.0. The highest BCUT2D eigenvalue weighted by Gasteiger charge is 2.47. The Labute approximate surface area is 191 Å². The number of hydrogen-bond acceptors (Lipinski definition) is 4. The summed E-state index contributed by atoms with van der Waals surface area (Å²) in [6.45, 7) is 0. The topological polar surface area (TPSA) is 66.8 Å². The molecule has 3 aromatic carbocycles. The number of carbonyl (C=O) groups excluding carboxylic acids is 2. The zero-order valence-electron chi connectivity index (χ0n) is 17.6. The Morgan fingerprint density at radius 2 is 1.62 bits per heavy atom. The number of ketones is 1. The fraction of sp³-hybridized carbons (Fsp3) is 0.120. The van der Waals surface area contributed by atoms with Gasteiger partial charge in [-0.25, -0.2) is 4.39 Å². The average molecular weight is 471 g/mol. The fourth-order valence-electron chi connectivity index (χ4n) is 3.80. The molecule has 1 N–H and O–H groups in total. The molecule has 1 aliphatic rings. The Morgan fingerprint density at radius 1 is 0.971 bits per heavy atom. The fourth-order valence-corrected chi connectivity index (χ4v) is 3.80. The third-order valence-electron chi connectivity index (χ3n) is 5.45. The summed E-state index contributed by atoms with van der Waals surface area (Å²) in [7, 11) is 1.44. The van der Waals surface area contributed by atoms with E-state index in [0.29, 0.717) is 11.3 Å². The van der Waals surface area contributed by atoms with E-state index in [2.05, 4.69) is 0 Å². The molecule has 1 heterocycles. The summed E-state index contributed by atoms with van der Waals surface area (Å²) in [6, 6.07) is 13.6. The smallest absolute Gasteiger partial charge is 0.416 e. The van der Waals surface area contributed by atoms with Crippen LogP contribution in [-0.4, -0.2) is 23.9 Å². The summed E-state index contributed by atoms with van der Waals surface area (Å²) in [6.07, 6.45) is -4.67. The normalized spacial score (nSPS) is 17.8. The van der Waals surface area contributed by atoms with Crippen LogP contribution in [0.3, 0.4) is 0 Å². The van der Waals surface area contributed by atoms with E-state index in [9.17, 15) is 32.3 Å². The molecular formula is C25H17F4NO4. The summed E-state index contributed by atoms with van der Waals surface area (Å²) < 4.78 is 58.5. The molecule has 0 radical (unpaired) electrons. The molecule has 0 bridgehead atoms. The van der Waals surface area contributed by atoms with Gasteiger partial charge in [-0.15, -0.1) is 0 Å². The van der Waals surface area contributed by atoms with E-state index < -0.39 is 41.0 Å². The van der Waals surface area contributed by atoms with Crippen molar-refractivity contribution < 1.29 is 37.0 Å². The minimum Gasteiger partial charge on any atom is -0.507 e. The predicted molar refractivity (Wildman–Crippen MR) is 116 cm³/mol. The third-order valence-corrected chi connectivity index (χ3v) is 5.45. The molecule has 1 atom stereocenters. The molecular weight excluding hydrogens is 454 g/mol. The largest absolute Gasteiger partial charge is 0.507 e. The second-order valence-corrected chi connectivity index (χ2v) is 7.50. The molecule has 0 spiro atoms. The van der Waals surface area contributed by atoms with Crippen molar-refractivity contribution in [1.82, 2.24) is 0 Å². The van der Waals surface area contributed by atoms with Gasteiger partial charge in [0.15, 0.2) is 0 Å². The molecule has 1 fully saturated rings. The van der Waals surface area contributed by atoms with Crippen molar-refractivity contribution in [2.24, 2.45) is 0 Å². The van der Waals surface area contributed by atoms with E-state index >= 15 is 0 Å². The number of nitrogens with zero attached hydrogens (tertiary/aromatic N) is 1. The van der Waals surface area contributed by atoms with Gasteiger partial charge in [-0.2, -0.15) is 13.2 Å². The number of aliphatic hydroxyl groups is 1. The van der Waals surface area contributed by atoms with Gasteiger partial charge in [-0.3, -0.25) is 14.5 Å². The Bertz CT molecular complexity index is 1280. The SMILES string of the molecule is COc1ccc(C2/C(=C(\O)c3ccc(F)cc3)C(=O)C(=O)N2c2cccc(C(F)(F)F)c2)cc1. The van der Waals surface area contributed by atoms with Gasteiger partial charge in [0.05, 0.1) is 24.3 Å². The maximum absolute atomic E-state index is 13.4. The van der Waals surface area contributed by atoms with Crippen molar-refractivity contribution in [3.63, 3.8) is 0 Å². The van der Waals surface area contributed by atoms with E-state index in [1.165, 1.54) is 37.4 Å². The Kier molecular flexibility index (Phi) is 5.87. The number of methoxy groups -OCH3 is 1. The number of carbonyl (C=O) groups is 2. The van der Waals surface area contributed by atoms with Crippen molar-refractivity contribution >= 4 is 23.1 Å². The quantitative estimate of drug-likeness (QED) is 0.237. The second-order valence-electron chi connectivity index (χ2n) is 7.50. The lowest BCUT2D eigenvalue weighted by molar-refractivity contribution is -0.137. The summed E-state index contributed by atoms with van der Waals surface area (Å²) in [4.78, 5) is 27.0. The minimum atomic E-state index is -4.67. The molecule has 1 saturated heterocycles. The number of hydrogen-bond donors (Lipinski definition) is 1. The molecule has 174 valence electrons. The van der Waals surface area contributed by atoms with Crippen molar-refractivity contribution in [2.75, 3.05) is 12.0 Å². The summed E-state index contributed by atoms with van der Waals surface area (Å²) in [5.74, 6) is -2.87. The van der Waals surface area contributed by atoms with Crippen LogP contribution in [0.1, 0.15) is 22.7 Å². The van der Waals surface area contributed by atoms with Gasteiger partial charge < -0.3 is 9.84 Å². The maximum Gasteiger partial charge on any atom is 0.416 e. The number of benzene rings is 3. The Hall–Kier alpha value is -4.14. The predicted octanol–water partition coefficient (Wildman–Crippen LogP) is 5.48. The van der Waals surface area contributed by atoms with Crippen LogP contribution in [0, 0.1) is 5.82 Å². The number of rotatable bonds is 4. The standard InChI is InChI=1S/C25H17F4NO4/c1-34-19-11-7-14(8-12-19)21-20(22(31)15-5-9-17(26)10-6-15)23(32)24(33)30(21)18-4-2-3-16(13-18)25(27,28)29/h2-13,21,31H,1H3/b22-20+. The molecule has 1 aliphatic heterocycles. The van der Waals surface area contributed by atoms with Crippen LogP contribution in [0.25, 0.3) is 5.76 Å². The van der Waals surface area contributed by atoms with Crippen LogP contribution in [0.4, 0.5) is 23.2 Å². The number of anilines is 1. The zero-order chi connectivity index (χ0) is 24.6. The Balaban J connectivity index is 1.93. The first-order valence-corrected chi connectivity index (χ1v) is 10.00. The van der Waals surface area contributed by atoms with Crippen molar-refractivity contribution in [3.8, 4) is 5.75 Å². The number of amides is 1. The molecule has 9 heteroatoms.